The molecule has 0 aliphatic carbocycles. The Bertz CT molecular complexity index is 1340. The van der Waals surface area contributed by atoms with Crippen LogP contribution in [0.25, 0.3) is 22.2 Å². The van der Waals surface area contributed by atoms with Crippen LogP contribution in [0.15, 0.2) is 72.8 Å². The van der Waals surface area contributed by atoms with Gasteiger partial charge in [0.2, 0.25) is 5.82 Å². The first-order valence-corrected chi connectivity index (χ1v) is 9.00. The Hall–Kier alpha value is -4.73. The average molecular weight is 415 g/mol. The minimum atomic E-state index is -0.719. The molecule has 0 unspecified atom stereocenters. The van der Waals surface area contributed by atoms with Gasteiger partial charge in [0.25, 0.3) is 17.3 Å². The molecule has 1 heterocycles. The fourth-order valence-corrected chi connectivity index (χ4v) is 3.06. The molecule has 0 aliphatic rings. The minimum absolute atomic E-state index is 0.0196. The number of amides is 1. The summed E-state index contributed by atoms with van der Waals surface area (Å²) in [6.07, 6.45) is 0. The van der Waals surface area contributed by atoms with Crippen LogP contribution in [-0.4, -0.2) is 25.7 Å². The molecule has 152 valence electrons. The molecule has 10 heteroatoms. The van der Waals surface area contributed by atoms with Gasteiger partial charge in [-0.25, -0.2) is 9.97 Å². The number of para-hydroxylation sites is 3. The molecule has 0 saturated carbocycles. The summed E-state index contributed by atoms with van der Waals surface area (Å²) in [7, 11) is 0. The van der Waals surface area contributed by atoms with Crippen LogP contribution >= 0.6 is 0 Å². The molecule has 3 aromatic carbocycles. The number of anilines is 1. The van der Waals surface area contributed by atoms with E-state index >= 15 is 0 Å². The van der Waals surface area contributed by atoms with Crippen molar-refractivity contribution in [1.29, 1.82) is 0 Å². The zero-order valence-electron chi connectivity index (χ0n) is 15.8. The first-order chi connectivity index (χ1) is 14.9. The van der Waals surface area contributed by atoms with Crippen molar-refractivity contribution in [1.82, 2.24) is 9.97 Å². The zero-order chi connectivity index (χ0) is 22.0. The summed E-state index contributed by atoms with van der Waals surface area (Å²) in [4.78, 5) is 42.5. The SMILES string of the molecule is O=C(Nc1ccccc1[N+](=O)[O-])c1nc(-c2ccc([N+](=O)[O-])cc2)c2ccccc2n1. The molecule has 10 nitrogen and oxygen atoms in total. The number of non-ortho nitro benzene ring substituents is 1. The summed E-state index contributed by atoms with van der Waals surface area (Å²) in [5.74, 6) is -0.909. The van der Waals surface area contributed by atoms with Crippen LogP contribution in [0.2, 0.25) is 0 Å². The van der Waals surface area contributed by atoms with E-state index in [0.29, 0.717) is 22.2 Å². The van der Waals surface area contributed by atoms with Gasteiger partial charge in [0.1, 0.15) is 5.69 Å². The smallest absolute Gasteiger partial charge is 0.293 e. The molecule has 31 heavy (non-hydrogen) atoms. The molecular weight excluding hydrogens is 402 g/mol. The highest BCUT2D eigenvalue weighted by atomic mass is 16.6. The number of carbonyl (C=O) groups is 1. The first kappa shape index (κ1) is 19.6. The molecule has 4 rings (SSSR count). The third kappa shape index (κ3) is 3.90. The van der Waals surface area contributed by atoms with E-state index in [-0.39, 0.29) is 22.9 Å². The van der Waals surface area contributed by atoms with Crippen molar-refractivity contribution < 1.29 is 14.6 Å². The average Bonchev–Trinajstić information content (AvgIpc) is 2.78. The summed E-state index contributed by atoms with van der Waals surface area (Å²) in [5.41, 5.74) is 1.14. The molecule has 1 aromatic heterocycles. The quantitative estimate of drug-likeness (QED) is 0.377. The molecule has 0 aliphatic heterocycles. The summed E-state index contributed by atoms with van der Waals surface area (Å²) in [6.45, 7) is 0. The van der Waals surface area contributed by atoms with E-state index in [1.165, 1.54) is 42.5 Å². The van der Waals surface area contributed by atoms with E-state index < -0.39 is 15.8 Å². The highest BCUT2D eigenvalue weighted by Crippen LogP contribution is 2.28. The van der Waals surface area contributed by atoms with Gasteiger partial charge in [0.05, 0.1) is 21.1 Å². The van der Waals surface area contributed by atoms with Crippen LogP contribution in [0.3, 0.4) is 0 Å². The van der Waals surface area contributed by atoms with Gasteiger partial charge in [-0.1, -0.05) is 30.3 Å². The van der Waals surface area contributed by atoms with E-state index in [2.05, 4.69) is 15.3 Å². The van der Waals surface area contributed by atoms with Crippen molar-refractivity contribution in [3.05, 3.63) is 98.8 Å². The van der Waals surface area contributed by atoms with E-state index in [4.69, 9.17) is 0 Å². The lowest BCUT2D eigenvalue weighted by Gasteiger charge is -2.09. The third-order valence-electron chi connectivity index (χ3n) is 4.51. The number of rotatable bonds is 5. The number of nitrogens with one attached hydrogen (secondary N) is 1. The van der Waals surface area contributed by atoms with Gasteiger partial charge in [-0.05, 0) is 24.3 Å². The summed E-state index contributed by atoms with van der Waals surface area (Å²) < 4.78 is 0. The second-order valence-corrected chi connectivity index (χ2v) is 6.45. The minimum Gasteiger partial charge on any atom is -0.313 e. The molecule has 1 N–H and O–H groups in total. The Kier molecular flexibility index (Phi) is 5.02. The second kappa shape index (κ2) is 7.95. The highest BCUT2D eigenvalue weighted by molar-refractivity contribution is 6.05. The van der Waals surface area contributed by atoms with Crippen molar-refractivity contribution in [2.75, 3.05) is 5.32 Å². The van der Waals surface area contributed by atoms with Crippen molar-refractivity contribution in [2.24, 2.45) is 0 Å². The fraction of sp³-hybridized carbons (Fsp3) is 0. The number of nitro benzene ring substituents is 2. The summed E-state index contributed by atoms with van der Waals surface area (Å²) >= 11 is 0. The van der Waals surface area contributed by atoms with Gasteiger partial charge >= 0.3 is 0 Å². The maximum Gasteiger partial charge on any atom is 0.293 e. The van der Waals surface area contributed by atoms with Crippen LogP contribution < -0.4 is 5.32 Å². The van der Waals surface area contributed by atoms with Crippen molar-refractivity contribution in [2.45, 2.75) is 0 Å². The maximum atomic E-state index is 12.8. The van der Waals surface area contributed by atoms with Crippen molar-refractivity contribution >= 4 is 33.9 Å². The Morgan fingerprint density at radius 2 is 1.48 bits per heavy atom. The Labute approximate surface area is 174 Å². The van der Waals surface area contributed by atoms with E-state index in [9.17, 15) is 25.0 Å². The van der Waals surface area contributed by atoms with E-state index in [0.717, 1.165) is 0 Å². The van der Waals surface area contributed by atoms with E-state index in [1.54, 1.807) is 30.3 Å². The number of fused-ring (bicyclic) bond motifs is 1. The maximum absolute atomic E-state index is 12.8. The van der Waals surface area contributed by atoms with Crippen LogP contribution in [0.4, 0.5) is 17.1 Å². The molecule has 1 amide bonds. The Balaban J connectivity index is 1.78. The molecule has 0 radical (unpaired) electrons. The lowest BCUT2D eigenvalue weighted by Crippen LogP contribution is -2.17. The van der Waals surface area contributed by atoms with Crippen LogP contribution in [0, 0.1) is 20.2 Å². The Morgan fingerprint density at radius 1 is 0.806 bits per heavy atom. The predicted molar refractivity (Wildman–Crippen MR) is 113 cm³/mol. The van der Waals surface area contributed by atoms with Crippen LogP contribution in [-0.2, 0) is 0 Å². The van der Waals surface area contributed by atoms with Gasteiger partial charge in [-0.3, -0.25) is 25.0 Å². The van der Waals surface area contributed by atoms with Crippen molar-refractivity contribution in [3.63, 3.8) is 0 Å². The normalized spacial score (nSPS) is 10.6. The second-order valence-electron chi connectivity index (χ2n) is 6.45. The number of nitrogens with zero attached hydrogens (tertiary/aromatic N) is 4. The number of hydrogen-bond donors (Lipinski definition) is 1. The van der Waals surface area contributed by atoms with Gasteiger partial charge in [-0.15, -0.1) is 0 Å². The molecule has 0 bridgehead atoms. The lowest BCUT2D eigenvalue weighted by atomic mass is 10.1. The first-order valence-electron chi connectivity index (χ1n) is 9.00. The summed E-state index contributed by atoms with van der Waals surface area (Å²) in [6, 6.07) is 18.5. The molecule has 0 atom stereocenters. The number of hydrogen-bond acceptors (Lipinski definition) is 7. The topological polar surface area (TPSA) is 141 Å². The van der Waals surface area contributed by atoms with Crippen LogP contribution in [0.1, 0.15) is 10.6 Å². The number of aromatic nitrogens is 2. The van der Waals surface area contributed by atoms with Gasteiger partial charge in [0, 0.05) is 29.1 Å². The highest BCUT2D eigenvalue weighted by Gasteiger charge is 2.20. The van der Waals surface area contributed by atoms with Crippen molar-refractivity contribution in [3.8, 4) is 11.3 Å². The fourth-order valence-electron chi connectivity index (χ4n) is 3.06. The number of carbonyl (C=O) groups excluding carboxylic acids is 1. The number of nitro groups is 2. The molecule has 0 saturated heterocycles. The Morgan fingerprint density at radius 3 is 2.19 bits per heavy atom. The number of benzene rings is 3. The molecule has 4 aromatic rings. The molecule has 0 spiro atoms. The van der Waals surface area contributed by atoms with E-state index in [1.807, 2.05) is 0 Å². The lowest BCUT2D eigenvalue weighted by molar-refractivity contribution is -0.384. The molecule has 0 fully saturated rings. The zero-order valence-corrected chi connectivity index (χ0v) is 15.8. The monoisotopic (exact) mass is 415 g/mol. The van der Waals surface area contributed by atoms with Gasteiger partial charge in [-0.2, -0.15) is 0 Å². The molecular formula is C21H13N5O5. The van der Waals surface area contributed by atoms with Crippen LogP contribution in [0.5, 0.6) is 0 Å². The van der Waals surface area contributed by atoms with Gasteiger partial charge in [0.15, 0.2) is 0 Å². The third-order valence-corrected chi connectivity index (χ3v) is 4.51. The summed E-state index contributed by atoms with van der Waals surface area (Å²) in [5, 5.41) is 25.3. The largest absolute Gasteiger partial charge is 0.313 e. The van der Waals surface area contributed by atoms with Gasteiger partial charge < -0.3 is 5.32 Å². The predicted octanol–water partition coefficient (Wildman–Crippen LogP) is 4.37. The standard InChI is InChI=1S/C21H13N5O5/c27-21(23-17-7-3-4-8-18(17)26(30)31)20-22-16-6-2-1-5-15(16)19(24-20)13-9-11-14(12-10-13)25(28)29/h1-12H,(H,23,27).